The topological polar surface area (TPSA) is 49.6 Å². The molecule has 2 aromatic heterocycles. The first kappa shape index (κ1) is 22.6. The highest BCUT2D eigenvalue weighted by molar-refractivity contribution is 9.10. The molecule has 4 aromatic rings. The summed E-state index contributed by atoms with van der Waals surface area (Å²) in [5.41, 5.74) is 7.83. The summed E-state index contributed by atoms with van der Waals surface area (Å²) in [5.74, 6) is -0.154. The lowest BCUT2D eigenvalue weighted by atomic mass is 10.0. The van der Waals surface area contributed by atoms with Crippen molar-refractivity contribution in [2.24, 2.45) is 0 Å². The molecule has 0 bridgehead atoms. The van der Waals surface area contributed by atoms with Crippen LogP contribution in [-0.4, -0.2) is 33.4 Å². The van der Waals surface area contributed by atoms with E-state index in [1.54, 1.807) is 0 Å². The van der Waals surface area contributed by atoms with Crippen LogP contribution in [-0.2, 0) is 0 Å². The highest BCUT2D eigenvalue weighted by Crippen LogP contribution is 2.35. The smallest absolute Gasteiger partial charge is 0.269 e. The van der Waals surface area contributed by atoms with Crippen molar-refractivity contribution < 1.29 is 4.79 Å². The van der Waals surface area contributed by atoms with Crippen LogP contribution in [0.15, 0.2) is 69.7 Å². The minimum absolute atomic E-state index is 0.154. The summed E-state index contributed by atoms with van der Waals surface area (Å²) in [7, 11) is 0. The fourth-order valence-electron chi connectivity index (χ4n) is 4.18. The number of benzene rings is 2. The van der Waals surface area contributed by atoms with Gasteiger partial charge in [-0.1, -0.05) is 58.2 Å². The Bertz CT molecular complexity index is 1310. The summed E-state index contributed by atoms with van der Waals surface area (Å²) in [6.07, 6.45) is 5.33. The second-order valence-electron chi connectivity index (χ2n) is 8.08. The summed E-state index contributed by atoms with van der Waals surface area (Å²) in [6, 6.07) is 17.5. The third kappa shape index (κ3) is 4.73. The number of amides is 1. The quantitative estimate of drug-likeness (QED) is 0.280. The molecule has 0 saturated carbocycles. The first-order valence-electron chi connectivity index (χ1n) is 10.8. The van der Waals surface area contributed by atoms with Gasteiger partial charge >= 0.3 is 0 Å². The lowest BCUT2D eigenvalue weighted by molar-refractivity contribution is 0.0751. The van der Waals surface area contributed by atoms with Crippen LogP contribution in [0.25, 0.3) is 28.2 Å². The molecule has 1 amide bonds. The number of pyridine rings is 1. The highest BCUT2D eigenvalue weighted by Gasteiger charge is 2.23. The predicted molar refractivity (Wildman–Crippen MR) is 139 cm³/mol. The van der Waals surface area contributed by atoms with Crippen molar-refractivity contribution in [3.8, 4) is 22.5 Å². The number of piperidine rings is 1. The Balaban J connectivity index is 1.69. The number of aromatic nitrogens is 2. The average Bonchev–Trinajstić information content (AvgIpc) is 3.19. The Kier molecular flexibility index (Phi) is 6.56. The zero-order chi connectivity index (χ0) is 22.9. The zero-order valence-electron chi connectivity index (χ0n) is 17.7. The van der Waals surface area contributed by atoms with E-state index in [0.29, 0.717) is 16.2 Å². The standard InChI is InChI=1S/C25H21Br2ClN4O/c26-18-8-4-16(5-9-18)22-23(17-6-10-20(28)11-7-17)32-15-19(27)14-21(24(32)29-22)25(33)30-31-12-2-1-3-13-31/h4-11,14-15H,1-3,12-13H2,(H,30,33). The van der Waals surface area contributed by atoms with Crippen molar-refractivity contribution in [1.82, 2.24) is 19.8 Å². The monoisotopic (exact) mass is 586 g/mol. The Morgan fingerprint density at radius 2 is 1.58 bits per heavy atom. The molecule has 0 spiro atoms. The molecule has 2 aromatic carbocycles. The van der Waals surface area contributed by atoms with Crippen molar-refractivity contribution in [3.05, 3.63) is 80.3 Å². The van der Waals surface area contributed by atoms with E-state index in [0.717, 1.165) is 57.4 Å². The van der Waals surface area contributed by atoms with Gasteiger partial charge in [0.1, 0.15) is 0 Å². The lowest BCUT2D eigenvalue weighted by Crippen LogP contribution is -2.45. The number of hydrogen-bond donors (Lipinski definition) is 1. The molecular weight excluding hydrogens is 568 g/mol. The van der Waals surface area contributed by atoms with E-state index in [1.807, 2.05) is 70.2 Å². The maximum Gasteiger partial charge on any atom is 0.269 e. The number of carbonyl (C=O) groups excluding carboxylic acids is 1. The number of hydrogen-bond acceptors (Lipinski definition) is 3. The van der Waals surface area contributed by atoms with E-state index >= 15 is 0 Å². The van der Waals surface area contributed by atoms with E-state index in [1.165, 1.54) is 6.42 Å². The molecule has 5 nitrogen and oxygen atoms in total. The van der Waals surface area contributed by atoms with Gasteiger partial charge in [0.2, 0.25) is 0 Å². The third-order valence-electron chi connectivity index (χ3n) is 5.78. The Labute approximate surface area is 214 Å². The van der Waals surface area contributed by atoms with Crippen LogP contribution in [0.1, 0.15) is 29.6 Å². The van der Waals surface area contributed by atoms with Gasteiger partial charge < -0.3 is 0 Å². The van der Waals surface area contributed by atoms with Crippen LogP contribution < -0.4 is 5.43 Å². The molecule has 0 unspecified atom stereocenters. The maximum atomic E-state index is 13.3. The van der Waals surface area contributed by atoms with Crippen LogP contribution in [0, 0.1) is 0 Å². The molecule has 1 N–H and O–H groups in total. The summed E-state index contributed by atoms with van der Waals surface area (Å²) in [6.45, 7) is 1.73. The van der Waals surface area contributed by atoms with Crippen molar-refractivity contribution in [1.29, 1.82) is 0 Å². The normalized spacial score (nSPS) is 14.5. The Morgan fingerprint density at radius 3 is 2.27 bits per heavy atom. The maximum absolute atomic E-state index is 13.3. The molecular formula is C25H21Br2ClN4O. The number of fused-ring (bicyclic) bond motifs is 1. The van der Waals surface area contributed by atoms with Crippen LogP contribution in [0.2, 0.25) is 5.02 Å². The molecule has 1 aliphatic rings. The average molecular weight is 589 g/mol. The number of halogens is 3. The SMILES string of the molecule is O=C(NN1CCCCC1)c1cc(Br)cn2c(-c3ccc(Cl)cc3)c(-c3ccc(Br)cc3)nc12. The van der Waals surface area contributed by atoms with Gasteiger partial charge in [0.25, 0.3) is 5.91 Å². The van der Waals surface area contributed by atoms with E-state index in [-0.39, 0.29) is 5.91 Å². The van der Waals surface area contributed by atoms with Gasteiger partial charge in [0.05, 0.1) is 17.0 Å². The van der Waals surface area contributed by atoms with E-state index < -0.39 is 0 Å². The molecule has 3 heterocycles. The van der Waals surface area contributed by atoms with Crippen molar-refractivity contribution in [2.75, 3.05) is 13.1 Å². The summed E-state index contributed by atoms with van der Waals surface area (Å²) < 4.78 is 3.77. The molecule has 0 aliphatic carbocycles. The first-order valence-corrected chi connectivity index (χ1v) is 12.8. The fourth-order valence-corrected chi connectivity index (χ4v) is 5.00. The molecule has 168 valence electrons. The van der Waals surface area contributed by atoms with E-state index in [2.05, 4.69) is 37.3 Å². The lowest BCUT2D eigenvalue weighted by Gasteiger charge is -2.26. The molecule has 33 heavy (non-hydrogen) atoms. The number of nitrogens with zero attached hydrogens (tertiary/aromatic N) is 3. The molecule has 1 aliphatic heterocycles. The first-order chi connectivity index (χ1) is 16.0. The van der Waals surface area contributed by atoms with Gasteiger partial charge in [-0.15, -0.1) is 0 Å². The predicted octanol–water partition coefficient (Wildman–Crippen LogP) is 6.98. The second-order valence-corrected chi connectivity index (χ2v) is 10.3. The van der Waals surface area contributed by atoms with Gasteiger partial charge in [-0.3, -0.25) is 14.6 Å². The molecule has 0 atom stereocenters. The van der Waals surface area contributed by atoms with Gasteiger partial charge in [-0.05, 0) is 59.1 Å². The molecule has 5 rings (SSSR count). The van der Waals surface area contributed by atoms with Gasteiger partial charge in [0.15, 0.2) is 5.65 Å². The summed E-state index contributed by atoms with van der Waals surface area (Å²) in [5, 5.41) is 2.67. The number of rotatable bonds is 4. The van der Waals surface area contributed by atoms with Gasteiger partial charge in [-0.25, -0.2) is 9.99 Å². The Hall–Kier alpha value is -2.19. The number of imidazole rings is 1. The summed E-state index contributed by atoms with van der Waals surface area (Å²) >= 11 is 13.3. The van der Waals surface area contributed by atoms with Crippen molar-refractivity contribution >= 4 is 55.0 Å². The van der Waals surface area contributed by atoms with Crippen LogP contribution in [0.4, 0.5) is 0 Å². The van der Waals surface area contributed by atoms with Gasteiger partial charge in [-0.2, -0.15) is 0 Å². The van der Waals surface area contributed by atoms with Crippen LogP contribution >= 0.6 is 43.5 Å². The molecule has 0 radical (unpaired) electrons. The summed E-state index contributed by atoms with van der Waals surface area (Å²) in [4.78, 5) is 18.3. The molecule has 1 saturated heterocycles. The van der Waals surface area contributed by atoms with E-state index in [9.17, 15) is 4.79 Å². The van der Waals surface area contributed by atoms with Gasteiger partial charge in [0, 0.05) is 44.4 Å². The van der Waals surface area contributed by atoms with Crippen molar-refractivity contribution in [3.63, 3.8) is 0 Å². The zero-order valence-corrected chi connectivity index (χ0v) is 21.6. The largest absolute Gasteiger partial charge is 0.297 e. The molecule has 1 fully saturated rings. The highest BCUT2D eigenvalue weighted by atomic mass is 79.9. The van der Waals surface area contributed by atoms with Crippen molar-refractivity contribution in [2.45, 2.75) is 19.3 Å². The van der Waals surface area contributed by atoms with Crippen LogP contribution in [0.5, 0.6) is 0 Å². The number of hydrazine groups is 1. The third-order valence-corrected chi connectivity index (χ3v) is 7.00. The molecule has 8 heteroatoms. The van der Waals surface area contributed by atoms with Crippen LogP contribution in [0.3, 0.4) is 0 Å². The Morgan fingerprint density at radius 1 is 0.909 bits per heavy atom. The van der Waals surface area contributed by atoms with E-state index in [4.69, 9.17) is 16.6 Å². The fraction of sp³-hybridized carbons (Fsp3) is 0.200. The number of nitrogens with one attached hydrogen (secondary N) is 1. The number of carbonyl (C=O) groups is 1. The minimum atomic E-state index is -0.154. The minimum Gasteiger partial charge on any atom is -0.297 e. The second kappa shape index (κ2) is 9.58.